The van der Waals surface area contributed by atoms with Crippen LogP contribution in [-0.4, -0.2) is 30.9 Å². The van der Waals surface area contributed by atoms with Crippen LogP contribution in [0.15, 0.2) is 17.5 Å². The average Bonchev–Trinajstić information content (AvgIpc) is 2.75. The van der Waals surface area contributed by atoms with Gasteiger partial charge in [-0.3, -0.25) is 4.79 Å². The average molecular weight is 226 g/mol. The van der Waals surface area contributed by atoms with E-state index >= 15 is 0 Å². The summed E-state index contributed by atoms with van der Waals surface area (Å²) < 4.78 is 0. The fourth-order valence-electron chi connectivity index (χ4n) is 1.30. The Labute approximate surface area is 94.9 Å². The number of nitrogens with zero attached hydrogens (tertiary/aromatic N) is 1. The quantitative estimate of drug-likeness (QED) is 0.799. The van der Waals surface area contributed by atoms with E-state index in [2.05, 4.69) is 11.4 Å². The zero-order valence-corrected chi connectivity index (χ0v) is 9.93. The Morgan fingerprint density at radius 2 is 2.40 bits per heavy atom. The number of hydrogen-bond donors (Lipinski definition) is 1. The van der Waals surface area contributed by atoms with Gasteiger partial charge in [0.1, 0.15) is 0 Å². The minimum atomic E-state index is 0.192. The number of amides is 1. The van der Waals surface area contributed by atoms with Gasteiger partial charge < -0.3 is 10.6 Å². The molecule has 84 valence electrons. The molecule has 0 spiro atoms. The molecule has 0 aliphatic carbocycles. The number of rotatable bonds is 6. The monoisotopic (exact) mass is 226 g/mol. The van der Waals surface area contributed by atoms with E-state index in [1.54, 1.807) is 16.2 Å². The summed E-state index contributed by atoms with van der Waals surface area (Å²) in [7, 11) is 1.85. The summed E-state index contributed by atoms with van der Waals surface area (Å²) in [6.07, 6.45) is 2.29. The maximum absolute atomic E-state index is 11.5. The second-order valence-electron chi connectivity index (χ2n) is 3.54. The minimum absolute atomic E-state index is 0.192. The van der Waals surface area contributed by atoms with Gasteiger partial charge in [0.2, 0.25) is 5.91 Å². The Balaban J connectivity index is 2.23. The molecule has 4 heteroatoms. The van der Waals surface area contributed by atoms with Crippen LogP contribution in [0.3, 0.4) is 0 Å². The second-order valence-corrected chi connectivity index (χ2v) is 4.57. The third kappa shape index (κ3) is 4.44. The summed E-state index contributed by atoms with van der Waals surface area (Å²) in [4.78, 5) is 14.6. The SMILES string of the molecule is CN(CCc1cccs1)C(=O)CCCN. The molecule has 0 unspecified atom stereocenters. The summed E-state index contributed by atoms with van der Waals surface area (Å²) in [6.45, 7) is 1.38. The molecule has 0 aliphatic rings. The molecule has 1 heterocycles. The molecule has 15 heavy (non-hydrogen) atoms. The van der Waals surface area contributed by atoms with Crippen molar-refractivity contribution in [1.29, 1.82) is 0 Å². The van der Waals surface area contributed by atoms with E-state index in [0.717, 1.165) is 19.4 Å². The summed E-state index contributed by atoms with van der Waals surface area (Å²) in [6, 6.07) is 4.14. The predicted octanol–water partition coefficient (Wildman–Crippen LogP) is 1.49. The molecule has 2 N–H and O–H groups in total. The zero-order chi connectivity index (χ0) is 11.1. The maximum atomic E-state index is 11.5. The van der Waals surface area contributed by atoms with E-state index in [-0.39, 0.29) is 5.91 Å². The number of carbonyl (C=O) groups excluding carboxylic acids is 1. The molecule has 0 aromatic carbocycles. The van der Waals surface area contributed by atoms with Crippen LogP contribution in [0.1, 0.15) is 17.7 Å². The standard InChI is InChI=1S/C11H18N2OS/c1-13(11(14)5-2-7-12)8-6-10-4-3-9-15-10/h3-4,9H,2,5-8,12H2,1H3. The number of nitrogens with two attached hydrogens (primary N) is 1. The van der Waals surface area contributed by atoms with Crippen LogP contribution in [0.2, 0.25) is 0 Å². The van der Waals surface area contributed by atoms with Gasteiger partial charge in [0.05, 0.1) is 0 Å². The molecule has 1 aromatic heterocycles. The lowest BCUT2D eigenvalue weighted by atomic mass is 10.2. The van der Waals surface area contributed by atoms with Crippen LogP contribution in [-0.2, 0) is 11.2 Å². The Bertz CT molecular complexity index is 285. The molecular formula is C11H18N2OS. The third-order valence-corrected chi connectivity index (χ3v) is 3.23. The predicted molar refractivity (Wildman–Crippen MR) is 63.9 cm³/mol. The van der Waals surface area contributed by atoms with Crippen LogP contribution in [0.4, 0.5) is 0 Å². The van der Waals surface area contributed by atoms with E-state index in [4.69, 9.17) is 5.73 Å². The van der Waals surface area contributed by atoms with Crippen molar-refractivity contribution in [3.05, 3.63) is 22.4 Å². The molecular weight excluding hydrogens is 208 g/mol. The van der Waals surface area contributed by atoms with Gasteiger partial charge in [-0.1, -0.05) is 6.07 Å². The summed E-state index contributed by atoms with van der Waals surface area (Å²) in [5.74, 6) is 0.192. The Kier molecular flexibility index (Phi) is 5.36. The van der Waals surface area contributed by atoms with Gasteiger partial charge in [-0.25, -0.2) is 0 Å². The van der Waals surface area contributed by atoms with Crippen molar-refractivity contribution in [2.45, 2.75) is 19.3 Å². The maximum Gasteiger partial charge on any atom is 0.222 e. The van der Waals surface area contributed by atoms with Crippen LogP contribution in [0, 0.1) is 0 Å². The lowest BCUT2D eigenvalue weighted by molar-refractivity contribution is -0.129. The van der Waals surface area contributed by atoms with Crippen molar-refractivity contribution >= 4 is 17.2 Å². The molecule has 1 aromatic rings. The van der Waals surface area contributed by atoms with E-state index in [1.807, 2.05) is 13.1 Å². The number of hydrogen-bond acceptors (Lipinski definition) is 3. The molecule has 1 amide bonds. The topological polar surface area (TPSA) is 46.3 Å². The van der Waals surface area contributed by atoms with E-state index in [1.165, 1.54) is 4.88 Å². The normalized spacial score (nSPS) is 10.3. The molecule has 3 nitrogen and oxygen atoms in total. The molecule has 0 radical (unpaired) electrons. The summed E-state index contributed by atoms with van der Waals surface area (Å²) >= 11 is 1.74. The van der Waals surface area contributed by atoms with Crippen molar-refractivity contribution < 1.29 is 4.79 Å². The van der Waals surface area contributed by atoms with Gasteiger partial charge in [-0.15, -0.1) is 11.3 Å². The van der Waals surface area contributed by atoms with E-state index in [0.29, 0.717) is 13.0 Å². The van der Waals surface area contributed by atoms with Crippen LogP contribution in [0.25, 0.3) is 0 Å². The third-order valence-electron chi connectivity index (χ3n) is 2.29. The minimum Gasteiger partial charge on any atom is -0.345 e. The molecule has 0 saturated heterocycles. The van der Waals surface area contributed by atoms with E-state index < -0.39 is 0 Å². The highest BCUT2D eigenvalue weighted by atomic mass is 32.1. The first-order valence-corrected chi connectivity index (χ1v) is 6.08. The van der Waals surface area contributed by atoms with Crippen LogP contribution < -0.4 is 5.73 Å². The van der Waals surface area contributed by atoms with Gasteiger partial charge >= 0.3 is 0 Å². The Morgan fingerprint density at radius 1 is 1.60 bits per heavy atom. The lowest BCUT2D eigenvalue weighted by Gasteiger charge is -2.16. The zero-order valence-electron chi connectivity index (χ0n) is 9.11. The molecule has 0 bridgehead atoms. The molecule has 1 rings (SSSR count). The fraction of sp³-hybridized carbons (Fsp3) is 0.545. The van der Waals surface area contributed by atoms with E-state index in [9.17, 15) is 4.79 Å². The van der Waals surface area contributed by atoms with Gasteiger partial charge in [-0.2, -0.15) is 0 Å². The molecule has 0 atom stereocenters. The van der Waals surface area contributed by atoms with Crippen molar-refractivity contribution in [1.82, 2.24) is 4.90 Å². The van der Waals surface area contributed by atoms with Gasteiger partial charge in [0.15, 0.2) is 0 Å². The van der Waals surface area contributed by atoms with Crippen LogP contribution in [0.5, 0.6) is 0 Å². The molecule has 0 aliphatic heterocycles. The van der Waals surface area contributed by atoms with Crippen molar-refractivity contribution in [3.63, 3.8) is 0 Å². The summed E-state index contributed by atoms with van der Waals surface area (Å²) in [5, 5.41) is 2.06. The molecule has 0 fully saturated rings. The highest BCUT2D eigenvalue weighted by Crippen LogP contribution is 2.09. The van der Waals surface area contributed by atoms with Gasteiger partial charge in [0, 0.05) is 24.9 Å². The molecule has 0 saturated carbocycles. The second kappa shape index (κ2) is 6.58. The van der Waals surface area contributed by atoms with Gasteiger partial charge in [0.25, 0.3) is 0 Å². The first-order chi connectivity index (χ1) is 7.24. The summed E-state index contributed by atoms with van der Waals surface area (Å²) in [5.41, 5.74) is 5.36. The lowest BCUT2D eigenvalue weighted by Crippen LogP contribution is -2.28. The van der Waals surface area contributed by atoms with Crippen molar-refractivity contribution in [3.8, 4) is 0 Å². The Hall–Kier alpha value is -0.870. The highest BCUT2D eigenvalue weighted by molar-refractivity contribution is 7.09. The largest absolute Gasteiger partial charge is 0.345 e. The number of carbonyl (C=O) groups is 1. The van der Waals surface area contributed by atoms with Gasteiger partial charge in [-0.05, 0) is 30.8 Å². The smallest absolute Gasteiger partial charge is 0.222 e. The first kappa shape index (κ1) is 12.2. The fourth-order valence-corrected chi connectivity index (χ4v) is 2.00. The highest BCUT2D eigenvalue weighted by Gasteiger charge is 2.07. The van der Waals surface area contributed by atoms with Crippen molar-refractivity contribution in [2.24, 2.45) is 5.73 Å². The number of thiophene rings is 1. The van der Waals surface area contributed by atoms with Crippen LogP contribution >= 0.6 is 11.3 Å². The number of likely N-dealkylation sites (N-methyl/N-ethyl adjacent to an activating group) is 1. The Morgan fingerprint density at radius 3 is 3.00 bits per heavy atom. The van der Waals surface area contributed by atoms with Crippen molar-refractivity contribution in [2.75, 3.05) is 20.1 Å². The first-order valence-electron chi connectivity index (χ1n) is 5.20.